The van der Waals surface area contributed by atoms with Crippen molar-refractivity contribution in [3.8, 4) is 6.07 Å². The molecule has 0 aliphatic carbocycles. The molecule has 0 N–H and O–H groups in total. The first-order valence-corrected chi connectivity index (χ1v) is 7.15. The summed E-state index contributed by atoms with van der Waals surface area (Å²) in [5.41, 5.74) is 0.904. The molecule has 2 amide bonds. The topological polar surface area (TPSA) is 87.5 Å². The zero-order chi connectivity index (χ0) is 15.7. The van der Waals surface area contributed by atoms with E-state index in [0.29, 0.717) is 10.6 Å². The average Bonchev–Trinajstić information content (AvgIpc) is 3.07. The van der Waals surface area contributed by atoms with Crippen molar-refractivity contribution in [3.63, 3.8) is 0 Å². The molecule has 0 fully saturated rings. The van der Waals surface area contributed by atoms with Crippen molar-refractivity contribution in [3.05, 3.63) is 57.3 Å². The van der Waals surface area contributed by atoms with Crippen LogP contribution in [0.2, 0.25) is 0 Å². The Bertz CT molecular complexity index is 799. The second kappa shape index (κ2) is 5.42. The smallest absolute Gasteiger partial charge is 0.323 e. The van der Waals surface area contributed by atoms with Crippen molar-refractivity contribution in [1.82, 2.24) is 5.06 Å². The molecule has 0 atom stereocenters. The molecule has 7 heteroatoms. The Balaban J connectivity index is 1.84. The second-order valence-corrected chi connectivity index (χ2v) is 5.35. The number of amides is 2. The number of carbonyl (C=O) groups excluding carboxylic acids is 3. The van der Waals surface area contributed by atoms with Gasteiger partial charge in [-0.25, -0.2) is 4.79 Å². The first-order valence-electron chi connectivity index (χ1n) is 6.27. The minimum absolute atomic E-state index is 0.0516. The average molecular weight is 312 g/mol. The van der Waals surface area contributed by atoms with E-state index in [9.17, 15) is 14.4 Å². The molecule has 0 radical (unpaired) electrons. The van der Waals surface area contributed by atoms with Gasteiger partial charge in [-0.2, -0.15) is 5.26 Å². The standard InChI is InChI=1S/C15H8N2O4S/c16-7-5-9-6-8-22-12(9)15(20)21-17-13(18)10-3-1-2-4-11(10)14(17)19/h1-4,6,8H,5H2. The van der Waals surface area contributed by atoms with Gasteiger partial charge in [0.15, 0.2) is 0 Å². The van der Waals surface area contributed by atoms with Gasteiger partial charge in [-0.3, -0.25) is 9.59 Å². The Morgan fingerprint density at radius 2 is 1.82 bits per heavy atom. The Labute approximate surface area is 129 Å². The van der Waals surface area contributed by atoms with Crippen molar-refractivity contribution in [2.24, 2.45) is 0 Å². The van der Waals surface area contributed by atoms with Crippen molar-refractivity contribution < 1.29 is 19.2 Å². The predicted octanol–water partition coefficient (Wildman–Crippen LogP) is 2.18. The van der Waals surface area contributed by atoms with E-state index in [1.807, 2.05) is 6.07 Å². The highest BCUT2D eigenvalue weighted by molar-refractivity contribution is 7.12. The van der Waals surface area contributed by atoms with Crippen molar-refractivity contribution in [2.75, 3.05) is 0 Å². The normalized spacial score (nSPS) is 13.0. The van der Waals surface area contributed by atoms with E-state index in [1.54, 1.807) is 23.6 Å². The van der Waals surface area contributed by atoms with E-state index in [-0.39, 0.29) is 22.4 Å². The van der Waals surface area contributed by atoms with Crippen LogP contribution in [0.25, 0.3) is 0 Å². The highest BCUT2D eigenvalue weighted by Crippen LogP contribution is 2.25. The van der Waals surface area contributed by atoms with Crippen LogP contribution in [0.5, 0.6) is 0 Å². The van der Waals surface area contributed by atoms with Crippen molar-refractivity contribution >= 4 is 29.1 Å². The fourth-order valence-corrected chi connectivity index (χ4v) is 2.91. The SMILES string of the molecule is N#CCc1ccsc1C(=O)ON1C(=O)c2ccccc2C1=O. The molecule has 0 spiro atoms. The molecule has 0 unspecified atom stereocenters. The van der Waals surface area contributed by atoms with Gasteiger partial charge >= 0.3 is 5.97 Å². The number of thiophene rings is 1. The molecule has 6 nitrogen and oxygen atoms in total. The second-order valence-electron chi connectivity index (χ2n) is 4.44. The maximum Gasteiger partial charge on any atom is 0.374 e. The predicted molar refractivity (Wildman–Crippen MR) is 76.0 cm³/mol. The third kappa shape index (κ3) is 2.16. The van der Waals surface area contributed by atoms with E-state index < -0.39 is 17.8 Å². The Hall–Kier alpha value is -2.98. The Morgan fingerprint density at radius 1 is 1.18 bits per heavy atom. The number of fused-ring (bicyclic) bond motifs is 1. The van der Waals surface area contributed by atoms with Gasteiger partial charge in [0.05, 0.1) is 23.6 Å². The van der Waals surface area contributed by atoms with Gasteiger partial charge in [0.2, 0.25) is 0 Å². The van der Waals surface area contributed by atoms with Crippen LogP contribution in [-0.4, -0.2) is 22.8 Å². The monoisotopic (exact) mass is 312 g/mol. The molecule has 2 heterocycles. The molecule has 1 aromatic heterocycles. The van der Waals surface area contributed by atoms with Gasteiger partial charge in [0, 0.05) is 0 Å². The fourth-order valence-electron chi connectivity index (χ4n) is 2.11. The van der Waals surface area contributed by atoms with Crippen molar-refractivity contribution in [1.29, 1.82) is 5.26 Å². The number of nitriles is 1. The molecule has 1 aliphatic rings. The van der Waals surface area contributed by atoms with E-state index in [1.165, 1.54) is 12.1 Å². The zero-order valence-corrected chi connectivity index (χ0v) is 11.9. The highest BCUT2D eigenvalue weighted by atomic mass is 32.1. The zero-order valence-electron chi connectivity index (χ0n) is 11.1. The minimum Gasteiger partial charge on any atom is -0.323 e. The molecule has 0 saturated heterocycles. The maximum absolute atomic E-state index is 12.1. The quantitative estimate of drug-likeness (QED) is 0.811. The van der Waals surface area contributed by atoms with Crippen LogP contribution in [0, 0.1) is 11.3 Å². The lowest BCUT2D eigenvalue weighted by Crippen LogP contribution is -2.32. The van der Waals surface area contributed by atoms with Gasteiger partial charge in [-0.1, -0.05) is 17.2 Å². The number of imide groups is 1. The summed E-state index contributed by atoms with van der Waals surface area (Å²) >= 11 is 1.09. The number of rotatable bonds is 3. The summed E-state index contributed by atoms with van der Waals surface area (Å²) in [7, 11) is 0. The lowest BCUT2D eigenvalue weighted by Gasteiger charge is -2.12. The van der Waals surface area contributed by atoms with Gasteiger partial charge in [0.25, 0.3) is 11.8 Å². The first kappa shape index (κ1) is 14.0. The summed E-state index contributed by atoms with van der Waals surface area (Å²) in [6.07, 6.45) is 0.0516. The van der Waals surface area contributed by atoms with Crippen LogP contribution in [0.1, 0.15) is 36.0 Å². The third-order valence-electron chi connectivity index (χ3n) is 3.13. The minimum atomic E-state index is -0.824. The molecular formula is C15H8N2O4S. The summed E-state index contributed by atoms with van der Waals surface area (Å²) in [6.45, 7) is 0. The lowest BCUT2D eigenvalue weighted by atomic mass is 10.1. The lowest BCUT2D eigenvalue weighted by molar-refractivity contribution is -0.0581. The van der Waals surface area contributed by atoms with Gasteiger partial charge in [-0.15, -0.1) is 11.3 Å². The largest absolute Gasteiger partial charge is 0.374 e. The molecule has 0 saturated carbocycles. The van der Waals surface area contributed by atoms with Crippen LogP contribution >= 0.6 is 11.3 Å². The summed E-state index contributed by atoms with van der Waals surface area (Å²) in [5.74, 6) is -2.17. The summed E-state index contributed by atoms with van der Waals surface area (Å²) in [5, 5.41) is 10.8. The van der Waals surface area contributed by atoms with E-state index in [4.69, 9.17) is 10.1 Å². The summed E-state index contributed by atoms with van der Waals surface area (Å²) in [6, 6.07) is 9.81. The van der Waals surface area contributed by atoms with Gasteiger partial charge in [0.1, 0.15) is 4.88 Å². The first-order chi connectivity index (χ1) is 10.6. The van der Waals surface area contributed by atoms with E-state index >= 15 is 0 Å². The molecule has 22 heavy (non-hydrogen) atoms. The number of carbonyl (C=O) groups is 3. The number of benzene rings is 1. The van der Waals surface area contributed by atoms with Crippen LogP contribution in [0.3, 0.4) is 0 Å². The van der Waals surface area contributed by atoms with Crippen LogP contribution in [0.4, 0.5) is 0 Å². The number of hydrogen-bond acceptors (Lipinski definition) is 6. The van der Waals surface area contributed by atoms with Gasteiger partial charge < -0.3 is 4.84 Å². The molecule has 2 aromatic rings. The molecule has 108 valence electrons. The van der Waals surface area contributed by atoms with Crippen LogP contribution in [0.15, 0.2) is 35.7 Å². The van der Waals surface area contributed by atoms with Gasteiger partial charge in [-0.05, 0) is 29.1 Å². The maximum atomic E-state index is 12.1. The number of hydrogen-bond donors (Lipinski definition) is 0. The molecule has 0 bridgehead atoms. The molecule has 1 aliphatic heterocycles. The number of hydroxylamine groups is 2. The highest BCUT2D eigenvalue weighted by Gasteiger charge is 2.39. The molecule has 3 rings (SSSR count). The third-order valence-corrected chi connectivity index (χ3v) is 4.07. The Kier molecular flexibility index (Phi) is 3.45. The molecular weight excluding hydrogens is 304 g/mol. The summed E-state index contributed by atoms with van der Waals surface area (Å²) in [4.78, 5) is 41.5. The fraction of sp³-hybridized carbons (Fsp3) is 0.0667. The number of nitrogens with zero attached hydrogens (tertiary/aromatic N) is 2. The molecule has 1 aromatic carbocycles. The Morgan fingerprint density at radius 3 is 2.41 bits per heavy atom. The van der Waals surface area contributed by atoms with Crippen molar-refractivity contribution in [2.45, 2.75) is 6.42 Å². The van der Waals surface area contributed by atoms with Crippen LogP contribution < -0.4 is 0 Å². The van der Waals surface area contributed by atoms with E-state index in [2.05, 4.69) is 0 Å². The van der Waals surface area contributed by atoms with Crippen LogP contribution in [-0.2, 0) is 11.3 Å². The van der Waals surface area contributed by atoms with E-state index in [0.717, 1.165) is 11.3 Å². The summed E-state index contributed by atoms with van der Waals surface area (Å²) < 4.78 is 0.